The fourth-order valence-corrected chi connectivity index (χ4v) is 2.62. The maximum absolute atomic E-state index is 11.7. The fourth-order valence-electron chi connectivity index (χ4n) is 2.62. The molecule has 0 radical (unpaired) electrons. The van der Waals surface area contributed by atoms with Gasteiger partial charge in [0.15, 0.2) is 0 Å². The molecule has 0 spiro atoms. The first-order valence-electron chi connectivity index (χ1n) is 6.17. The molecule has 1 saturated heterocycles. The van der Waals surface area contributed by atoms with E-state index in [9.17, 15) is 4.79 Å². The second kappa shape index (κ2) is 4.97. The van der Waals surface area contributed by atoms with Crippen molar-refractivity contribution in [2.24, 2.45) is 11.8 Å². The average molecular weight is 211 g/mol. The van der Waals surface area contributed by atoms with Gasteiger partial charge in [-0.05, 0) is 37.6 Å². The van der Waals surface area contributed by atoms with E-state index in [0.717, 1.165) is 13.0 Å². The minimum Gasteiger partial charge on any atom is -0.464 e. The van der Waals surface area contributed by atoms with Crippen LogP contribution in [0.25, 0.3) is 0 Å². The molecule has 1 N–H and O–H groups in total. The van der Waals surface area contributed by atoms with E-state index in [4.69, 9.17) is 4.74 Å². The summed E-state index contributed by atoms with van der Waals surface area (Å²) < 4.78 is 5.38. The molecule has 3 heteroatoms. The van der Waals surface area contributed by atoms with E-state index in [0.29, 0.717) is 18.4 Å². The van der Waals surface area contributed by atoms with Gasteiger partial charge in [-0.25, -0.2) is 0 Å². The minimum absolute atomic E-state index is 0.0353. The molecular formula is C12H21NO2. The van der Waals surface area contributed by atoms with Gasteiger partial charge in [0.25, 0.3) is 0 Å². The summed E-state index contributed by atoms with van der Waals surface area (Å²) in [6, 6.07) is -0.0496. The normalized spacial score (nSPS) is 32.1. The lowest BCUT2D eigenvalue weighted by Gasteiger charge is -2.16. The van der Waals surface area contributed by atoms with Crippen molar-refractivity contribution in [1.29, 1.82) is 0 Å². The number of hydrogen-bond donors (Lipinski definition) is 1. The summed E-state index contributed by atoms with van der Waals surface area (Å²) in [6.45, 7) is 3.70. The van der Waals surface area contributed by atoms with Gasteiger partial charge in [0, 0.05) is 0 Å². The Morgan fingerprint density at radius 2 is 2.07 bits per heavy atom. The molecular weight excluding hydrogens is 190 g/mol. The first-order chi connectivity index (χ1) is 7.27. The third-order valence-electron chi connectivity index (χ3n) is 3.72. The lowest BCUT2D eigenvalue weighted by Crippen LogP contribution is -2.36. The van der Waals surface area contributed by atoms with E-state index in [1.54, 1.807) is 0 Å². The van der Waals surface area contributed by atoms with Crippen LogP contribution in [0.5, 0.6) is 0 Å². The zero-order valence-corrected chi connectivity index (χ0v) is 9.50. The Hall–Kier alpha value is -0.570. The third-order valence-corrected chi connectivity index (χ3v) is 3.72. The molecule has 1 heterocycles. The monoisotopic (exact) mass is 211 g/mol. The molecule has 3 nitrogen and oxygen atoms in total. The molecule has 2 atom stereocenters. The molecule has 2 fully saturated rings. The Labute approximate surface area is 91.6 Å². The molecule has 2 aliphatic rings. The summed E-state index contributed by atoms with van der Waals surface area (Å²) in [4.78, 5) is 11.7. The number of carbonyl (C=O) groups is 1. The molecule has 2 unspecified atom stereocenters. The van der Waals surface area contributed by atoms with Gasteiger partial charge in [0.2, 0.25) is 0 Å². The molecule has 15 heavy (non-hydrogen) atoms. The maximum atomic E-state index is 11.7. The van der Waals surface area contributed by atoms with Crippen LogP contribution in [0.1, 0.15) is 39.0 Å². The van der Waals surface area contributed by atoms with Crippen molar-refractivity contribution in [3.8, 4) is 0 Å². The van der Waals surface area contributed by atoms with Crippen LogP contribution >= 0.6 is 0 Å². The van der Waals surface area contributed by atoms with Gasteiger partial charge in [-0.15, -0.1) is 0 Å². The summed E-state index contributed by atoms with van der Waals surface area (Å²) in [5.74, 6) is 1.03. The zero-order chi connectivity index (χ0) is 10.7. The Morgan fingerprint density at radius 3 is 2.67 bits per heavy atom. The van der Waals surface area contributed by atoms with Crippen LogP contribution in [-0.4, -0.2) is 25.2 Å². The van der Waals surface area contributed by atoms with Crippen LogP contribution in [0.4, 0.5) is 0 Å². The van der Waals surface area contributed by atoms with Crippen molar-refractivity contribution in [3.05, 3.63) is 0 Å². The lowest BCUT2D eigenvalue weighted by molar-refractivity contribution is -0.148. The Bertz CT molecular complexity index is 224. The summed E-state index contributed by atoms with van der Waals surface area (Å²) in [6.07, 6.45) is 6.17. The fraction of sp³-hybridized carbons (Fsp3) is 0.917. The minimum atomic E-state index is -0.0496. The van der Waals surface area contributed by atoms with Crippen LogP contribution in [0.15, 0.2) is 0 Å². The van der Waals surface area contributed by atoms with E-state index in [2.05, 4.69) is 12.2 Å². The molecule has 0 aromatic rings. The summed E-state index contributed by atoms with van der Waals surface area (Å²) >= 11 is 0. The van der Waals surface area contributed by atoms with Gasteiger partial charge < -0.3 is 10.1 Å². The summed E-state index contributed by atoms with van der Waals surface area (Å²) in [5, 5.41) is 3.21. The number of rotatable bonds is 3. The van der Waals surface area contributed by atoms with Gasteiger partial charge in [-0.2, -0.15) is 0 Å². The highest BCUT2D eigenvalue weighted by Crippen LogP contribution is 2.25. The summed E-state index contributed by atoms with van der Waals surface area (Å²) in [7, 11) is 0. The van der Waals surface area contributed by atoms with Crippen molar-refractivity contribution in [3.63, 3.8) is 0 Å². The number of hydrogen-bond acceptors (Lipinski definition) is 3. The highest BCUT2D eigenvalue weighted by molar-refractivity contribution is 5.76. The molecule has 0 amide bonds. The number of esters is 1. The number of ether oxygens (including phenoxy) is 1. The van der Waals surface area contributed by atoms with Crippen LogP contribution < -0.4 is 5.32 Å². The SMILES string of the molecule is CC1CCNC1C(=O)OCC1CCCC1. The van der Waals surface area contributed by atoms with E-state index < -0.39 is 0 Å². The highest BCUT2D eigenvalue weighted by atomic mass is 16.5. The first-order valence-corrected chi connectivity index (χ1v) is 6.17. The third kappa shape index (κ3) is 2.71. The first kappa shape index (κ1) is 10.9. The smallest absolute Gasteiger partial charge is 0.323 e. The van der Waals surface area contributed by atoms with Crippen molar-refractivity contribution in [1.82, 2.24) is 5.32 Å². The largest absolute Gasteiger partial charge is 0.464 e. The van der Waals surface area contributed by atoms with Crippen molar-refractivity contribution >= 4 is 5.97 Å². The topological polar surface area (TPSA) is 38.3 Å². The van der Waals surface area contributed by atoms with Crippen LogP contribution in [0.3, 0.4) is 0 Å². The van der Waals surface area contributed by atoms with E-state index in [1.807, 2.05) is 0 Å². The quantitative estimate of drug-likeness (QED) is 0.722. The lowest BCUT2D eigenvalue weighted by atomic mass is 10.0. The highest BCUT2D eigenvalue weighted by Gasteiger charge is 2.31. The van der Waals surface area contributed by atoms with E-state index >= 15 is 0 Å². The van der Waals surface area contributed by atoms with Crippen molar-refractivity contribution < 1.29 is 9.53 Å². The molecule has 2 rings (SSSR count). The predicted molar refractivity (Wildman–Crippen MR) is 58.5 cm³/mol. The van der Waals surface area contributed by atoms with E-state index in [-0.39, 0.29) is 12.0 Å². The van der Waals surface area contributed by atoms with Crippen LogP contribution in [0, 0.1) is 11.8 Å². The average Bonchev–Trinajstić information content (AvgIpc) is 2.84. The van der Waals surface area contributed by atoms with Crippen molar-refractivity contribution in [2.45, 2.75) is 45.1 Å². The van der Waals surface area contributed by atoms with Gasteiger partial charge in [0.1, 0.15) is 6.04 Å². The molecule has 0 bridgehead atoms. The number of carbonyl (C=O) groups excluding carboxylic acids is 1. The Kier molecular flexibility index (Phi) is 3.62. The van der Waals surface area contributed by atoms with E-state index in [1.165, 1.54) is 25.7 Å². The Balaban J connectivity index is 1.71. The molecule has 1 saturated carbocycles. The van der Waals surface area contributed by atoms with Gasteiger partial charge in [0.05, 0.1) is 6.61 Å². The molecule has 1 aliphatic heterocycles. The molecule has 0 aromatic heterocycles. The van der Waals surface area contributed by atoms with Crippen LogP contribution in [-0.2, 0) is 9.53 Å². The second-order valence-corrected chi connectivity index (χ2v) is 4.98. The predicted octanol–water partition coefficient (Wildman–Crippen LogP) is 1.72. The van der Waals surface area contributed by atoms with Crippen LogP contribution in [0.2, 0.25) is 0 Å². The Morgan fingerprint density at radius 1 is 1.33 bits per heavy atom. The molecule has 86 valence electrons. The van der Waals surface area contributed by atoms with Gasteiger partial charge in [-0.3, -0.25) is 4.79 Å². The summed E-state index contributed by atoms with van der Waals surface area (Å²) in [5.41, 5.74) is 0. The maximum Gasteiger partial charge on any atom is 0.323 e. The zero-order valence-electron chi connectivity index (χ0n) is 9.50. The molecule has 0 aromatic carbocycles. The second-order valence-electron chi connectivity index (χ2n) is 4.98. The number of nitrogens with one attached hydrogen (secondary N) is 1. The van der Waals surface area contributed by atoms with Crippen molar-refractivity contribution in [2.75, 3.05) is 13.2 Å². The van der Waals surface area contributed by atoms with Gasteiger partial charge in [-0.1, -0.05) is 19.8 Å². The standard InChI is InChI=1S/C12H21NO2/c1-9-6-7-13-11(9)12(14)15-8-10-4-2-3-5-10/h9-11,13H,2-8H2,1H3. The molecule has 1 aliphatic carbocycles. The van der Waals surface area contributed by atoms with Gasteiger partial charge >= 0.3 is 5.97 Å².